The van der Waals surface area contributed by atoms with E-state index in [4.69, 9.17) is 5.73 Å². The Hall–Kier alpha value is -0.950. The predicted molar refractivity (Wildman–Crippen MR) is 77.6 cm³/mol. The van der Waals surface area contributed by atoms with Gasteiger partial charge in [-0.2, -0.15) is 5.10 Å². The van der Waals surface area contributed by atoms with Crippen molar-refractivity contribution in [1.29, 1.82) is 0 Å². The molecule has 0 bridgehead atoms. The lowest BCUT2D eigenvalue weighted by atomic mass is 10.0. The van der Waals surface area contributed by atoms with E-state index in [-0.39, 0.29) is 11.9 Å². The molecule has 1 unspecified atom stereocenters. The van der Waals surface area contributed by atoms with E-state index in [1.807, 2.05) is 19.4 Å². The SMILES string of the molecule is Cn1cc(CCC(N)c2ccc(F)cc2I)cn1. The molecule has 0 radical (unpaired) electrons. The summed E-state index contributed by atoms with van der Waals surface area (Å²) in [7, 11) is 1.90. The van der Waals surface area contributed by atoms with Gasteiger partial charge in [-0.25, -0.2) is 4.39 Å². The van der Waals surface area contributed by atoms with Crippen LogP contribution in [0, 0.1) is 9.39 Å². The molecule has 96 valence electrons. The molecule has 0 saturated carbocycles. The smallest absolute Gasteiger partial charge is 0.124 e. The van der Waals surface area contributed by atoms with E-state index in [2.05, 4.69) is 27.7 Å². The van der Waals surface area contributed by atoms with Gasteiger partial charge in [0.25, 0.3) is 0 Å². The van der Waals surface area contributed by atoms with E-state index in [0.717, 1.165) is 22.0 Å². The summed E-state index contributed by atoms with van der Waals surface area (Å²) in [6.45, 7) is 0. The number of rotatable bonds is 4. The van der Waals surface area contributed by atoms with E-state index in [9.17, 15) is 4.39 Å². The molecule has 0 aliphatic heterocycles. The van der Waals surface area contributed by atoms with Crippen LogP contribution in [0.2, 0.25) is 0 Å². The van der Waals surface area contributed by atoms with Crippen molar-refractivity contribution in [2.24, 2.45) is 12.8 Å². The zero-order valence-electron chi connectivity index (χ0n) is 10.1. The highest BCUT2D eigenvalue weighted by Gasteiger charge is 2.11. The molecule has 3 nitrogen and oxygen atoms in total. The molecular weight excluding hydrogens is 344 g/mol. The van der Waals surface area contributed by atoms with Crippen LogP contribution in [0.4, 0.5) is 4.39 Å². The number of benzene rings is 1. The van der Waals surface area contributed by atoms with Crippen LogP contribution in [-0.2, 0) is 13.5 Å². The van der Waals surface area contributed by atoms with E-state index >= 15 is 0 Å². The highest BCUT2D eigenvalue weighted by atomic mass is 127. The van der Waals surface area contributed by atoms with Gasteiger partial charge in [0.2, 0.25) is 0 Å². The Bertz CT molecular complexity index is 539. The van der Waals surface area contributed by atoms with Crippen molar-refractivity contribution in [3.05, 3.63) is 51.1 Å². The van der Waals surface area contributed by atoms with Crippen molar-refractivity contribution in [3.8, 4) is 0 Å². The van der Waals surface area contributed by atoms with Gasteiger partial charge in [0, 0.05) is 22.9 Å². The highest BCUT2D eigenvalue weighted by Crippen LogP contribution is 2.23. The van der Waals surface area contributed by atoms with Gasteiger partial charge in [-0.3, -0.25) is 4.68 Å². The van der Waals surface area contributed by atoms with E-state index < -0.39 is 0 Å². The fourth-order valence-electron chi connectivity index (χ4n) is 1.88. The van der Waals surface area contributed by atoms with Gasteiger partial charge in [-0.1, -0.05) is 6.07 Å². The molecule has 5 heteroatoms. The molecule has 0 aliphatic rings. The van der Waals surface area contributed by atoms with E-state index in [1.54, 1.807) is 10.7 Å². The molecule has 0 aliphatic carbocycles. The summed E-state index contributed by atoms with van der Waals surface area (Å²) in [5.41, 5.74) is 8.32. The van der Waals surface area contributed by atoms with Crippen molar-refractivity contribution in [2.75, 3.05) is 0 Å². The average Bonchev–Trinajstić information content (AvgIpc) is 2.72. The minimum atomic E-state index is -0.220. The molecule has 1 atom stereocenters. The van der Waals surface area contributed by atoms with Crippen LogP contribution >= 0.6 is 22.6 Å². The lowest BCUT2D eigenvalue weighted by Crippen LogP contribution is -2.13. The van der Waals surface area contributed by atoms with Gasteiger partial charge in [-0.05, 0) is 58.7 Å². The van der Waals surface area contributed by atoms with Gasteiger partial charge in [0.15, 0.2) is 0 Å². The highest BCUT2D eigenvalue weighted by molar-refractivity contribution is 14.1. The largest absolute Gasteiger partial charge is 0.324 e. The molecule has 0 saturated heterocycles. The normalized spacial score (nSPS) is 12.7. The van der Waals surface area contributed by atoms with Crippen molar-refractivity contribution in [1.82, 2.24) is 9.78 Å². The molecule has 1 aromatic carbocycles. The van der Waals surface area contributed by atoms with Crippen LogP contribution < -0.4 is 5.73 Å². The summed E-state index contributed by atoms with van der Waals surface area (Å²) in [4.78, 5) is 0. The van der Waals surface area contributed by atoms with Crippen LogP contribution in [0.1, 0.15) is 23.6 Å². The van der Waals surface area contributed by atoms with E-state index in [0.29, 0.717) is 0 Å². The molecule has 2 N–H and O–H groups in total. The third-order valence-corrected chi connectivity index (χ3v) is 3.80. The zero-order chi connectivity index (χ0) is 13.1. The maximum absolute atomic E-state index is 13.0. The van der Waals surface area contributed by atoms with Crippen molar-refractivity contribution in [3.63, 3.8) is 0 Å². The standard InChI is InChI=1S/C13H15FIN3/c1-18-8-9(7-17-18)2-5-13(16)11-4-3-10(14)6-12(11)15/h3-4,6-8,13H,2,5,16H2,1H3. The fourth-order valence-corrected chi connectivity index (χ4v) is 2.76. The Labute approximate surface area is 119 Å². The Morgan fingerprint density at radius 2 is 2.28 bits per heavy atom. The predicted octanol–water partition coefficient (Wildman–Crippen LogP) is 2.80. The van der Waals surface area contributed by atoms with Crippen LogP contribution in [0.25, 0.3) is 0 Å². The lowest BCUT2D eigenvalue weighted by Gasteiger charge is -2.13. The molecular formula is C13H15FIN3. The molecule has 2 rings (SSSR count). The van der Waals surface area contributed by atoms with Crippen LogP contribution in [0.15, 0.2) is 30.6 Å². The third-order valence-electron chi connectivity index (χ3n) is 2.86. The number of nitrogens with two attached hydrogens (primary N) is 1. The summed E-state index contributed by atoms with van der Waals surface area (Å²) in [6.07, 6.45) is 5.54. The molecule has 2 aromatic rings. The first kappa shape index (κ1) is 13.5. The van der Waals surface area contributed by atoms with Crippen molar-refractivity contribution in [2.45, 2.75) is 18.9 Å². The van der Waals surface area contributed by atoms with Gasteiger partial charge >= 0.3 is 0 Å². The molecule has 0 fully saturated rings. The molecule has 0 spiro atoms. The zero-order valence-corrected chi connectivity index (χ0v) is 12.3. The van der Waals surface area contributed by atoms with E-state index in [1.165, 1.54) is 17.7 Å². The second-order valence-electron chi connectivity index (χ2n) is 4.33. The number of halogens is 2. The summed E-state index contributed by atoms with van der Waals surface area (Å²) in [5.74, 6) is -0.220. The van der Waals surface area contributed by atoms with Gasteiger partial charge < -0.3 is 5.73 Å². The number of aromatic nitrogens is 2. The Kier molecular flexibility index (Phi) is 4.34. The summed E-state index contributed by atoms with van der Waals surface area (Å²) < 4.78 is 15.7. The minimum Gasteiger partial charge on any atom is -0.324 e. The van der Waals surface area contributed by atoms with Crippen LogP contribution in [0.5, 0.6) is 0 Å². The molecule has 18 heavy (non-hydrogen) atoms. The second-order valence-corrected chi connectivity index (χ2v) is 5.50. The second kappa shape index (κ2) is 5.79. The van der Waals surface area contributed by atoms with Gasteiger partial charge in [0.05, 0.1) is 6.20 Å². The van der Waals surface area contributed by atoms with Gasteiger partial charge in [-0.15, -0.1) is 0 Å². The quantitative estimate of drug-likeness (QED) is 0.854. The van der Waals surface area contributed by atoms with Crippen molar-refractivity contribution >= 4 is 22.6 Å². The summed E-state index contributed by atoms with van der Waals surface area (Å²) in [5, 5.41) is 4.12. The summed E-state index contributed by atoms with van der Waals surface area (Å²) in [6, 6.07) is 4.67. The monoisotopic (exact) mass is 359 g/mol. The Balaban J connectivity index is 2.01. The third kappa shape index (κ3) is 3.29. The molecule has 0 amide bonds. The molecule has 1 aromatic heterocycles. The Morgan fingerprint density at radius 1 is 1.50 bits per heavy atom. The number of hydrogen-bond donors (Lipinski definition) is 1. The average molecular weight is 359 g/mol. The van der Waals surface area contributed by atoms with Crippen LogP contribution in [-0.4, -0.2) is 9.78 Å². The number of aryl methyl sites for hydroxylation is 2. The first-order chi connectivity index (χ1) is 8.56. The maximum Gasteiger partial charge on any atom is 0.124 e. The Morgan fingerprint density at radius 3 is 2.89 bits per heavy atom. The fraction of sp³-hybridized carbons (Fsp3) is 0.308. The first-order valence-corrected chi connectivity index (χ1v) is 6.82. The summed E-state index contributed by atoms with van der Waals surface area (Å²) >= 11 is 2.12. The minimum absolute atomic E-state index is 0.0716. The molecule has 1 heterocycles. The number of hydrogen-bond acceptors (Lipinski definition) is 2. The lowest BCUT2D eigenvalue weighted by molar-refractivity contribution is 0.616. The van der Waals surface area contributed by atoms with Gasteiger partial charge in [0.1, 0.15) is 5.82 Å². The number of nitrogens with zero attached hydrogens (tertiary/aromatic N) is 2. The topological polar surface area (TPSA) is 43.8 Å². The first-order valence-electron chi connectivity index (χ1n) is 5.74. The van der Waals surface area contributed by atoms with Crippen molar-refractivity contribution < 1.29 is 4.39 Å². The maximum atomic E-state index is 13.0. The van der Waals surface area contributed by atoms with Crippen LogP contribution in [0.3, 0.4) is 0 Å².